The van der Waals surface area contributed by atoms with Crippen LogP contribution in [-0.2, 0) is 11.3 Å². The van der Waals surface area contributed by atoms with Crippen molar-refractivity contribution in [2.75, 3.05) is 33.7 Å². The lowest BCUT2D eigenvalue weighted by Crippen LogP contribution is -2.73. The van der Waals surface area contributed by atoms with Crippen LogP contribution < -0.4 is 10.1 Å². The summed E-state index contributed by atoms with van der Waals surface area (Å²) in [5, 5.41) is 3.57. The number of urea groups is 1. The number of hydrogen-bond acceptors (Lipinski definition) is 5. The van der Waals surface area contributed by atoms with Crippen LogP contribution in [0.3, 0.4) is 0 Å². The van der Waals surface area contributed by atoms with E-state index in [1.54, 1.807) is 4.90 Å². The van der Waals surface area contributed by atoms with Crippen molar-refractivity contribution in [3.8, 4) is 5.75 Å². The summed E-state index contributed by atoms with van der Waals surface area (Å²) in [6.07, 6.45) is 2.51. The molecule has 0 aromatic heterocycles. The number of likely N-dealkylation sites (tertiary alicyclic amines) is 1. The molecule has 7 heteroatoms. The normalized spacial score (nSPS) is 17.2. The molecule has 214 valence electrons. The molecule has 1 fully saturated rings. The molecule has 2 atom stereocenters. The molecule has 2 aromatic carbocycles. The number of amides is 3. The number of imide groups is 1. The van der Waals surface area contributed by atoms with Crippen molar-refractivity contribution in [1.29, 1.82) is 0 Å². The number of carbonyl (C=O) groups is 2. The van der Waals surface area contributed by atoms with Crippen LogP contribution in [-0.4, -0.2) is 66.6 Å². The van der Waals surface area contributed by atoms with Gasteiger partial charge in [0.05, 0.1) is 0 Å². The van der Waals surface area contributed by atoms with E-state index in [4.69, 9.17) is 4.74 Å². The van der Waals surface area contributed by atoms with Gasteiger partial charge in [-0.3, -0.25) is 4.79 Å². The molecule has 2 aromatic rings. The maximum atomic E-state index is 13.8. The zero-order valence-electron chi connectivity index (χ0n) is 25.0. The van der Waals surface area contributed by atoms with E-state index >= 15 is 0 Å². The van der Waals surface area contributed by atoms with Gasteiger partial charge in [-0.15, -0.1) is 0 Å². The van der Waals surface area contributed by atoms with Crippen molar-refractivity contribution < 1.29 is 14.3 Å². The van der Waals surface area contributed by atoms with E-state index in [-0.39, 0.29) is 18.0 Å². The fourth-order valence-corrected chi connectivity index (χ4v) is 5.26. The molecule has 0 saturated carbocycles. The first-order chi connectivity index (χ1) is 18.7. The summed E-state index contributed by atoms with van der Waals surface area (Å²) >= 11 is 0. The van der Waals surface area contributed by atoms with Crippen molar-refractivity contribution in [2.24, 2.45) is 5.41 Å². The Kier molecular flexibility index (Phi) is 11.0. The Morgan fingerprint density at radius 1 is 1.03 bits per heavy atom. The lowest BCUT2D eigenvalue weighted by atomic mass is 9.72. The number of carbonyl (C=O) groups excluding carboxylic acids is 2. The van der Waals surface area contributed by atoms with E-state index in [1.165, 1.54) is 16.0 Å². The van der Waals surface area contributed by atoms with Crippen LogP contribution in [0.15, 0.2) is 48.5 Å². The van der Waals surface area contributed by atoms with Gasteiger partial charge < -0.3 is 19.9 Å². The average molecular weight is 537 g/mol. The molecule has 1 N–H and O–H groups in total. The van der Waals surface area contributed by atoms with Crippen LogP contribution >= 0.6 is 0 Å². The summed E-state index contributed by atoms with van der Waals surface area (Å²) in [5.41, 5.74) is 2.70. The Morgan fingerprint density at radius 2 is 1.67 bits per heavy atom. The summed E-state index contributed by atoms with van der Waals surface area (Å²) in [4.78, 5) is 32.6. The first-order valence-electron chi connectivity index (χ1n) is 14.5. The zero-order valence-corrected chi connectivity index (χ0v) is 25.0. The van der Waals surface area contributed by atoms with Gasteiger partial charge in [-0.05, 0) is 90.0 Å². The number of benzene rings is 2. The van der Waals surface area contributed by atoms with Gasteiger partial charge in [-0.2, -0.15) is 0 Å². The molecule has 3 amide bonds. The van der Waals surface area contributed by atoms with Gasteiger partial charge >= 0.3 is 6.03 Å². The predicted octanol–water partition coefficient (Wildman–Crippen LogP) is 5.98. The Labute approximate surface area is 235 Å². The predicted molar refractivity (Wildman–Crippen MR) is 158 cm³/mol. The summed E-state index contributed by atoms with van der Waals surface area (Å²) < 4.78 is 6.44. The largest absolute Gasteiger partial charge is 0.469 e. The second-order valence-corrected chi connectivity index (χ2v) is 11.1. The first kappa shape index (κ1) is 30.6. The molecule has 3 rings (SSSR count). The SMILES string of the molecule is CCCN(Cc1ccc(C)cc1)C(=O)N1C(=O)C(CC)(CC)C1Oc1ccc(C(C)NCCCN(C)C)cc1. The van der Waals surface area contributed by atoms with Crippen LogP contribution in [0.2, 0.25) is 0 Å². The molecule has 1 saturated heterocycles. The van der Waals surface area contributed by atoms with E-state index in [2.05, 4.69) is 43.4 Å². The Bertz CT molecular complexity index is 1060. The highest BCUT2D eigenvalue weighted by molar-refractivity contribution is 6.03. The highest BCUT2D eigenvalue weighted by Crippen LogP contribution is 2.46. The fourth-order valence-electron chi connectivity index (χ4n) is 5.26. The van der Waals surface area contributed by atoms with Crippen molar-refractivity contribution >= 4 is 11.9 Å². The minimum atomic E-state index is -0.697. The molecular formula is C32H48N4O3. The number of rotatable bonds is 14. The molecule has 0 aliphatic carbocycles. The van der Waals surface area contributed by atoms with E-state index < -0.39 is 11.6 Å². The van der Waals surface area contributed by atoms with Crippen LogP contribution in [0.1, 0.15) is 76.1 Å². The van der Waals surface area contributed by atoms with Crippen molar-refractivity contribution in [3.05, 3.63) is 65.2 Å². The Hall–Kier alpha value is -2.90. The number of hydrogen-bond donors (Lipinski definition) is 1. The molecule has 7 nitrogen and oxygen atoms in total. The molecule has 0 bridgehead atoms. The van der Waals surface area contributed by atoms with Gasteiger partial charge in [0, 0.05) is 19.1 Å². The maximum absolute atomic E-state index is 13.8. The molecule has 1 heterocycles. The van der Waals surface area contributed by atoms with Gasteiger partial charge in [0.15, 0.2) is 6.23 Å². The van der Waals surface area contributed by atoms with Crippen LogP contribution in [0.25, 0.3) is 0 Å². The molecule has 0 radical (unpaired) electrons. The maximum Gasteiger partial charge on any atom is 0.330 e. The summed E-state index contributed by atoms with van der Waals surface area (Å²) in [5.74, 6) is 0.528. The number of β-lactam (4-membered cyclic amide) rings is 1. The van der Waals surface area contributed by atoms with E-state index in [1.807, 2.05) is 64.1 Å². The number of nitrogens with zero attached hydrogens (tertiary/aromatic N) is 3. The molecule has 1 aliphatic heterocycles. The van der Waals surface area contributed by atoms with E-state index in [9.17, 15) is 9.59 Å². The number of ether oxygens (including phenoxy) is 1. The third kappa shape index (κ3) is 7.20. The topological polar surface area (TPSA) is 65.1 Å². The number of nitrogens with one attached hydrogen (secondary N) is 1. The molecular weight excluding hydrogens is 488 g/mol. The van der Waals surface area contributed by atoms with E-state index in [0.717, 1.165) is 31.5 Å². The van der Waals surface area contributed by atoms with Gasteiger partial charge in [0.1, 0.15) is 11.2 Å². The lowest BCUT2D eigenvalue weighted by Gasteiger charge is -2.54. The van der Waals surface area contributed by atoms with Gasteiger partial charge in [0.2, 0.25) is 5.91 Å². The highest BCUT2D eigenvalue weighted by Gasteiger charge is 2.63. The average Bonchev–Trinajstić information content (AvgIpc) is 2.92. The fraction of sp³-hybridized carbons (Fsp3) is 0.562. The molecule has 0 spiro atoms. The smallest absolute Gasteiger partial charge is 0.330 e. The van der Waals surface area contributed by atoms with Crippen LogP contribution in [0.5, 0.6) is 5.75 Å². The van der Waals surface area contributed by atoms with E-state index in [0.29, 0.717) is 31.7 Å². The molecule has 1 aliphatic rings. The summed E-state index contributed by atoms with van der Waals surface area (Å²) in [6, 6.07) is 16.1. The molecule has 2 unspecified atom stereocenters. The summed E-state index contributed by atoms with van der Waals surface area (Å²) in [6.45, 7) is 13.3. The third-order valence-corrected chi connectivity index (χ3v) is 7.94. The minimum absolute atomic E-state index is 0.139. The van der Waals surface area contributed by atoms with Crippen molar-refractivity contribution in [2.45, 2.75) is 79.1 Å². The second kappa shape index (κ2) is 13.9. The Balaban J connectivity index is 1.74. The quantitative estimate of drug-likeness (QED) is 0.238. The van der Waals surface area contributed by atoms with Gasteiger partial charge in [-0.25, -0.2) is 9.69 Å². The second-order valence-electron chi connectivity index (χ2n) is 11.1. The summed E-state index contributed by atoms with van der Waals surface area (Å²) in [7, 11) is 4.17. The van der Waals surface area contributed by atoms with Crippen molar-refractivity contribution in [3.63, 3.8) is 0 Å². The Morgan fingerprint density at radius 3 is 2.23 bits per heavy atom. The van der Waals surface area contributed by atoms with Crippen molar-refractivity contribution in [1.82, 2.24) is 20.0 Å². The first-order valence-corrected chi connectivity index (χ1v) is 14.5. The standard InChI is InChI=1S/C32H48N4O3/c1-8-21-35(23-26-14-12-24(4)13-15-26)31(38)36-29(37)32(9-2,10-3)30(36)39-28-18-16-27(17-19-28)25(5)33-20-11-22-34(6)7/h12-19,25,30,33H,8-11,20-23H2,1-7H3. The minimum Gasteiger partial charge on any atom is -0.469 e. The lowest BCUT2D eigenvalue weighted by molar-refractivity contribution is -0.192. The monoisotopic (exact) mass is 536 g/mol. The van der Waals surface area contributed by atoms with Crippen LogP contribution in [0, 0.1) is 12.3 Å². The molecule has 39 heavy (non-hydrogen) atoms. The highest BCUT2D eigenvalue weighted by atomic mass is 16.5. The van der Waals surface area contributed by atoms with Crippen LogP contribution in [0.4, 0.5) is 4.79 Å². The zero-order chi connectivity index (χ0) is 28.6. The van der Waals surface area contributed by atoms with Gasteiger partial charge in [0.25, 0.3) is 0 Å². The van der Waals surface area contributed by atoms with Gasteiger partial charge in [-0.1, -0.05) is 62.7 Å². The third-order valence-electron chi connectivity index (χ3n) is 7.94. The number of aryl methyl sites for hydroxylation is 1.